The van der Waals surface area contributed by atoms with E-state index in [2.05, 4.69) is 15.6 Å². The zero-order valence-electron chi connectivity index (χ0n) is 20.0. The normalized spacial score (nSPS) is 13.5. The number of benzene rings is 2. The van der Waals surface area contributed by atoms with Crippen molar-refractivity contribution >= 4 is 17.2 Å². The average Bonchev–Trinajstić information content (AvgIpc) is 3.53. The lowest BCUT2D eigenvalue weighted by Gasteiger charge is -2.14. The molecule has 0 aliphatic heterocycles. The molecule has 1 aliphatic carbocycles. The Morgan fingerprint density at radius 2 is 1.97 bits per heavy atom. The van der Waals surface area contributed by atoms with Crippen LogP contribution in [0.3, 0.4) is 0 Å². The number of halogens is 3. The van der Waals surface area contributed by atoms with E-state index in [0.29, 0.717) is 34.1 Å². The molecule has 2 heterocycles. The van der Waals surface area contributed by atoms with Crippen LogP contribution in [0.15, 0.2) is 60.9 Å². The Morgan fingerprint density at radius 1 is 1.16 bits per heavy atom. The van der Waals surface area contributed by atoms with E-state index in [1.807, 2.05) is 19.1 Å². The smallest absolute Gasteiger partial charge is 0.390 e. The fourth-order valence-electron chi connectivity index (χ4n) is 4.05. The van der Waals surface area contributed by atoms with Crippen molar-refractivity contribution in [2.45, 2.75) is 38.4 Å². The van der Waals surface area contributed by atoms with Gasteiger partial charge < -0.3 is 20.5 Å². The van der Waals surface area contributed by atoms with Crippen molar-refractivity contribution in [1.29, 1.82) is 0 Å². The summed E-state index contributed by atoms with van der Waals surface area (Å²) in [4.78, 5) is 17.0. The van der Waals surface area contributed by atoms with Crippen LogP contribution in [0.1, 0.15) is 35.2 Å². The minimum Gasteiger partial charge on any atom is -0.508 e. The zero-order chi connectivity index (χ0) is 26.2. The topological polar surface area (TPSA) is 87.9 Å². The van der Waals surface area contributed by atoms with Gasteiger partial charge in [-0.15, -0.1) is 0 Å². The number of fused-ring (bicyclic) bond motifs is 1. The van der Waals surface area contributed by atoms with Crippen LogP contribution in [0, 0.1) is 6.92 Å². The fourth-order valence-corrected chi connectivity index (χ4v) is 4.05. The number of aryl methyl sites for hydroxylation is 1. The minimum absolute atomic E-state index is 0.0201. The number of anilines is 1. The molecule has 10 heteroatoms. The second kappa shape index (κ2) is 9.68. The predicted octanol–water partition coefficient (Wildman–Crippen LogP) is 6.06. The molecule has 0 bridgehead atoms. The third-order valence-corrected chi connectivity index (χ3v) is 6.04. The molecule has 1 fully saturated rings. The van der Waals surface area contributed by atoms with Gasteiger partial charge in [-0.1, -0.05) is 12.1 Å². The summed E-state index contributed by atoms with van der Waals surface area (Å²) in [5.41, 5.74) is 3.63. The Balaban J connectivity index is 1.51. The molecule has 0 spiro atoms. The SMILES string of the molecule is Cc1cc(-c2cnc3c(NCCC(F)(F)F)cc(Oc4cccc(O)c4)cn23)ccc1C(=O)NC1CC1. The molecule has 1 amide bonds. The summed E-state index contributed by atoms with van der Waals surface area (Å²) in [6.45, 7) is 1.52. The zero-order valence-corrected chi connectivity index (χ0v) is 20.0. The maximum absolute atomic E-state index is 12.8. The Morgan fingerprint density at radius 3 is 2.68 bits per heavy atom. The number of imidazole rings is 1. The van der Waals surface area contributed by atoms with E-state index in [-0.39, 0.29) is 24.2 Å². The highest BCUT2D eigenvalue weighted by Gasteiger charge is 2.27. The van der Waals surface area contributed by atoms with Gasteiger partial charge in [0.2, 0.25) is 0 Å². The van der Waals surface area contributed by atoms with E-state index in [9.17, 15) is 23.1 Å². The third-order valence-electron chi connectivity index (χ3n) is 6.04. The number of nitrogens with zero attached hydrogens (tertiary/aromatic N) is 2. The molecule has 3 N–H and O–H groups in total. The first-order valence-electron chi connectivity index (χ1n) is 11.9. The van der Waals surface area contributed by atoms with E-state index < -0.39 is 12.6 Å². The van der Waals surface area contributed by atoms with Crippen molar-refractivity contribution in [3.05, 3.63) is 72.1 Å². The highest BCUT2D eigenvalue weighted by atomic mass is 19.4. The highest BCUT2D eigenvalue weighted by Crippen LogP contribution is 2.33. The lowest BCUT2D eigenvalue weighted by atomic mass is 10.0. The summed E-state index contributed by atoms with van der Waals surface area (Å²) in [6.07, 6.45) is -0.00652. The van der Waals surface area contributed by atoms with Gasteiger partial charge in [-0.3, -0.25) is 9.20 Å². The first kappa shape index (κ1) is 24.5. The molecular weight excluding hydrogens is 485 g/mol. The molecule has 0 atom stereocenters. The van der Waals surface area contributed by atoms with Gasteiger partial charge in [0.15, 0.2) is 5.65 Å². The van der Waals surface area contributed by atoms with E-state index in [0.717, 1.165) is 24.0 Å². The molecule has 2 aromatic heterocycles. The molecule has 2 aromatic carbocycles. The molecule has 5 rings (SSSR count). The summed E-state index contributed by atoms with van der Waals surface area (Å²) in [5, 5.41) is 15.6. The number of pyridine rings is 1. The highest BCUT2D eigenvalue weighted by molar-refractivity contribution is 5.96. The van der Waals surface area contributed by atoms with Crippen LogP contribution in [0.25, 0.3) is 16.9 Å². The number of hydrogen-bond donors (Lipinski definition) is 3. The number of phenols is 1. The molecule has 1 aliphatic rings. The molecule has 4 aromatic rings. The number of phenolic OH excluding ortho intramolecular Hbond substituents is 1. The summed E-state index contributed by atoms with van der Waals surface area (Å²) >= 11 is 0. The van der Waals surface area contributed by atoms with E-state index in [4.69, 9.17) is 4.74 Å². The monoisotopic (exact) mass is 510 g/mol. The average molecular weight is 511 g/mol. The maximum Gasteiger partial charge on any atom is 0.390 e. The van der Waals surface area contributed by atoms with Crippen LogP contribution < -0.4 is 15.4 Å². The summed E-state index contributed by atoms with van der Waals surface area (Å²) in [6, 6.07) is 13.5. The van der Waals surface area contributed by atoms with Crippen molar-refractivity contribution in [1.82, 2.24) is 14.7 Å². The lowest BCUT2D eigenvalue weighted by molar-refractivity contribution is -0.131. The van der Waals surface area contributed by atoms with Crippen molar-refractivity contribution in [2.75, 3.05) is 11.9 Å². The minimum atomic E-state index is -4.30. The van der Waals surface area contributed by atoms with Crippen LogP contribution >= 0.6 is 0 Å². The number of rotatable bonds is 8. The molecule has 1 saturated carbocycles. The number of nitrogens with one attached hydrogen (secondary N) is 2. The summed E-state index contributed by atoms with van der Waals surface area (Å²) in [7, 11) is 0. The van der Waals surface area contributed by atoms with Crippen molar-refractivity contribution in [2.24, 2.45) is 0 Å². The van der Waals surface area contributed by atoms with Crippen molar-refractivity contribution in [3.8, 4) is 28.5 Å². The van der Waals surface area contributed by atoms with Gasteiger partial charge >= 0.3 is 6.18 Å². The second-order valence-corrected chi connectivity index (χ2v) is 9.10. The Kier molecular flexibility index (Phi) is 6.41. The number of ether oxygens (including phenoxy) is 1. The number of amides is 1. The Hall–Kier alpha value is -4.21. The van der Waals surface area contributed by atoms with E-state index in [1.54, 1.807) is 41.1 Å². The summed E-state index contributed by atoms with van der Waals surface area (Å²) in [5.74, 6) is 0.613. The van der Waals surface area contributed by atoms with Crippen molar-refractivity contribution in [3.63, 3.8) is 0 Å². The van der Waals surface area contributed by atoms with Gasteiger partial charge in [0.05, 0.1) is 30.2 Å². The van der Waals surface area contributed by atoms with Gasteiger partial charge in [-0.25, -0.2) is 4.98 Å². The molecule has 0 radical (unpaired) electrons. The standard InChI is InChI=1S/C27H25F3N4O3/c1-16-11-17(5-8-22(16)26(36)33-18-6-7-18)24-14-32-25-23(31-10-9-27(28,29)30)13-21(15-34(24)25)37-20-4-2-3-19(35)12-20/h2-5,8,11-15,18,31,35H,6-7,9-10H2,1H3,(H,33,36). The molecule has 192 valence electrons. The molecule has 7 nitrogen and oxygen atoms in total. The molecule has 0 unspecified atom stereocenters. The van der Waals surface area contributed by atoms with E-state index >= 15 is 0 Å². The molecule has 37 heavy (non-hydrogen) atoms. The van der Waals surface area contributed by atoms with Gasteiger partial charge in [0, 0.05) is 35.8 Å². The van der Waals surface area contributed by atoms with Crippen LogP contribution in [0.5, 0.6) is 17.2 Å². The van der Waals surface area contributed by atoms with Gasteiger partial charge in [-0.05, 0) is 49.6 Å². The number of carbonyl (C=O) groups is 1. The molecule has 0 saturated heterocycles. The van der Waals surface area contributed by atoms with Crippen LogP contribution in [0.2, 0.25) is 0 Å². The van der Waals surface area contributed by atoms with Crippen LogP contribution in [-0.2, 0) is 0 Å². The number of aromatic nitrogens is 2. The predicted molar refractivity (Wildman–Crippen MR) is 133 cm³/mol. The number of aromatic hydroxyl groups is 1. The maximum atomic E-state index is 12.8. The summed E-state index contributed by atoms with van der Waals surface area (Å²) < 4.78 is 45.9. The lowest BCUT2D eigenvalue weighted by Crippen LogP contribution is -2.26. The first-order valence-corrected chi connectivity index (χ1v) is 11.9. The van der Waals surface area contributed by atoms with E-state index in [1.165, 1.54) is 12.1 Å². The Labute approximate surface area is 210 Å². The quantitative estimate of drug-likeness (QED) is 0.268. The third kappa shape index (κ3) is 5.79. The van der Waals surface area contributed by atoms with Crippen LogP contribution in [-0.4, -0.2) is 39.2 Å². The van der Waals surface area contributed by atoms with Gasteiger partial charge in [-0.2, -0.15) is 13.2 Å². The van der Waals surface area contributed by atoms with Crippen molar-refractivity contribution < 1.29 is 27.8 Å². The number of alkyl halides is 3. The number of hydrogen-bond acceptors (Lipinski definition) is 5. The van der Waals surface area contributed by atoms with Gasteiger partial charge in [0.25, 0.3) is 5.91 Å². The second-order valence-electron chi connectivity index (χ2n) is 9.10. The largest absolute Gasteiger partial charge is 0.508 e. The Bertz CT molecular complexity index is 1460. The molecular formula is C27H25F3N4O3. The first-order chi connectivity index (χ1) is 17.7. The van der Waals surface area contributed by atoms with Gasteiger partial charge in [0.1, 0.15) is 17.2 Å². The number of carbonyl (C=O) groups excluding carboxylic acids is 1. The fraction of sp³-hybridized carbons (Fsp3) is 0.259. The van der Waals surface area contributed by atoms with Crippen LogP contribution in [0.4, 0.5) is 18.9 Å².